The van der Waals surface area contributed by atoms with Crippen molar-refractivity contribution >= 4 is 74.5 Å². The molecule has 14 nitrogen and oxygen atoms in total. The van der Waals surface area contributed by atoms with Gasteiger partial charge in [0.2, 0.25) is 10.9 Å². The highest BCUT2D eigenvalue weighted by Gasteiger charge is 2.20. The number of benzene rings is 3. The number of ketones is 1. The van der Waals surface area contributed by atoms with E-state index in [2.05, 4.69) is 15.5 Å². The van der Waals surface area contributed by atoms with Crippen molar-refractivity contribution < 1.29 is 34.4 Å². The zero-order valence-corrected chi connectivity index (χ0v) is 24.4. The summed E-state index contributed by atoms with van der Waals surface area (Å²) in [6, 6.07) is 16.5. The molecule has 4 rings (SSSR count). The second-order valence-electron chi connectivity index (χ2n) is 8.50. The molecule has 4 aromatic rings. The van der Waals surface area contributed by atoms with Crippen LogP contribution in [0.2, 0.25) is 10.0 Å². The van der Waals surface area contributed by atoms with E-state index in [0.717, 1.165) is 5.56 Å². The van der Waals surface area contributed by atoms with Crippen LogP contribution in [0.25, 0.3) is 11.3 Å². The number of carbonyl (C=O) groups is 3. The third kappa shape index (κ3) is 9.12. The zero-order valence-electron chi connectivity index (χ0n) is 22.0. The number of thiazole rings is 1. The normalized spacial score (nSPS) is 10.7. The van der Waals surface area contributed by atoms with Crippen LogP contribution >= 0.6 is 34.5 Å². The molecule has 0 saturated carbocycles. The Balaban J connectivity index is 0.000000297. The number of aromatic nitrogens is 1. The van der Waals surface area contributed by atoms with Gasteiger partial charge in [-0.05, 0) is 12.1 Å². The number of nitrogens with zero attached hydrogens (tertiary/aromatic N) is 4. The summed E-state index contributed by atoms with van der Waals surface area (Å²) < 4.78 is 0. The largest absolute Gasteiger partial charge is 0.477 e. The van der Waals surface area contributed by atoms with Crippen LogP contribution in [0.5, 0.6) is 0 Å². The minimum atomic E-state index is -1.59. The smallest absolute Gasteiger partial charge is 0.372 e. The number of nitro groups is 2. The number of halogens is 2. The number of carboxylic acid groups (broad SMARTS) is 2. The van der Waals surface area contributed by atoms with Gasteiger partial charge in [-0.1, -0.05) is 65.7 Å². The quantitative estimate of drug-likeness (QED) is 0.0743. The van der Waals surface area contributed by atoms with Crippen molar-refractivity contribution in [3.63, 3.8) is 0 Å². The second-order valence-corrected chi connectivity index (χ2v) is 10.2. The fourth-order valence-corrected chi connectivity index (χ4v) is 4.46. The summed E-state index contributed by atoms with van der Waals surface area (Å²) in [7, 11) is 0. The minimum Gasteiger partial charge on any atom is -0.477 e. The molecule has 0 saturated heterocycles. The van der Waals surface area contributed by atoms with Gasteiger partial charge in [0.05, 0.1) is 25.6 Å². The van der Waals surface area contributed by atoms with E-state index < -0.39 is 34.0 Å². The van der Waals surface area contributed by atoms with Gasteiger partial charge in [-0.3, -0.25) is 30.4 Å². The molecular weight excluding hydrogens is 641 g/mol. The maximum atomic E-state index is 11.5. The van der Waals surface area contributed by atoms with Gasteiger partial charge in [0.1, 0.15) is 5.71 Å². The lowest BCUT2D eigenvalue weighted by Crippen LogP contribution is -2.18. The molecule has 0 atom stereocenters. The molecule has 0 aliphatic rings. The van der Waals surface area contributed by atoms with Crippen LogP contribution in [0, 0.1) is 20.2 Å². The Hall–Kier alpha value is -5.25. The second kappa shape index (κ2) is 15.3. The molecular formula is C27H19Cl2N5O9S. The number of carbonyl (C=O) groups excluding carboxylic acids is 1. The third-order valence-electron chi connectivity index (χ3n) is 5.58. The van der Waals surface area contributed by atoms with Crippen molar-refractivity contribution in [2.75, 3.05) is 5.43 Å². The molecule has 0 amide bonds. The van der Waals surface area contributed by atoms with Crippen LogP contribution in [0.4, 0.5) is 16.5 Å². The Morgan fingerprint density at radius 3 is 1.93 bits per heavy atom. The Bertz CT molecular complexity index is 1780. The van der Waals surface area contributed by atoms with Gasteiger partial charge in [-0.2, -0.15) is 5.10 Å². The fraction of sp³-hybridized carbons (Fsp3) is 0.0741. The highest BCUT2D eigenvalue weighted by atomic mass is 35.5. The van der Waals surface area contributed by atoms with Crippen molar-refractivity contribution in [3.8, 4) is 11.3 Å². The van der Waals surface area contributed by atoms with Crippen molar-refractivity contribution in [3.05, 3.63) is 114 Å². The number of hydrazone groups is 1. The highest BCUT2D eigenvalue weighted by molar-refractivity contribution is 7.14. The number of rotatable bonds is 11. The molecule has 0 bridgehead atoms. The van der Waals surface area contributed by atoms with Crippen molar-refractivity contribution in [2.24, 2.45) is 5.10 Å². The molecule has 0 aliphatic heterocycles. The molecule has 44 heavy (non-hydrogen) atoms. The van der Waals surface area contributed by atoms with E-state index in [1.54, 1.807) is 29.6 Å². The van der Waals surface area contributed by atoms with E-state index >= 15 is 0 Å². The van der Waals surface area contributed by atoms with Gasteiger partial charge in [-0.25, -0.2) is 14.6 Å². The molecule has 1 heterocycles. The first-order valence-corrected chi connectivity index (χ1v) is 13.7. The summed E-state index contributed by atoms with van der Waals surface area (Å²) in [6.45, 7) is 0. The Morgan fingerprint density at radius 1 is 0.841 bits per heavy atom. The Kier molecular flexibility index (Phi) is 11.6. The summed E-state index contributed by atoms with van der Waals surface area (Å²) in [5.74, 6) is -3.95. The fourth-order valence-electron chi connectivity index (χ4n) is 3.50. The maximum absolute atomic E-state index is 11.5. The first kappa shape index (κ1) is 33.3. The molecule has 0 aliphatic carbocycles. The van der Waals surface area contributed by atoms with Crippen molar-refractivity contribution in [1.82, 2.24) is 4.98 Å². The van der Waals surface area contributed by atoms with E-state index in [4.69, 9.17) is 28.3 Å². The van der Waals surface area contributed by atoms with Crippen LogP contribution in [0.3, 0.4) is 0 Å². The number of nitrogens with one attached hydrogen (secondary N) is 1. The molecule has 0 spiro atoms. The van der Waals surface area contributed by atoms with E-state index in [-0.39, 0.29) is 34.6 Å². The molecule has 3 N–H and O–H groups in total. The van der Waals surface area contributed by atoms with Gasteiger partial charge in [0.15, 0.2) is 0 Å². The van der Waals surface area contributed by atoms with E-state index in [1.807, 2.05) is 0 Å². The number of para-hydroxylation sites is 2. The van der Waals surface area contributed by atoms with Gasteiger partial charge in [-0.15, -0.1) is 11.3 Å². The average molecular weight is 660 g/mol. The zero-order chi connectivity index (χ0) is 32.4. The van der Waals surface area contributed by atoms with Crippen molar-refractivity contribution in [1.29, 1.82) is 0 Å². The lowest BCUT2D eigenvalue weighted by Gasteiger charge is -2.04. The van der Waals surface area contributed by atoms with Gasteiger partial charge in [0, 0.05) is 47.0 Å². The average Bonchev–Trinajstić information content (AvgIpc) is 3.46. The Morgan fingerprint density at radius 2 is 1.41 bits per heavy atom. The predicted octanol–water partition coefficient (Wildman–Crippen LogP) is 5.91. The van der Waals surface area contributed by atoms with Gasteiger partial charge >= 0.3 is 11.9 Å². The number of hydrogen-bond acceptors (Lipinski definition) is 11. The van der Waals surface area contributed by atoms with Gasteiger partial charge < -0.3 is 10.2 Å². The molecule has 17 heteroatoms. The highest BCUT2D eigenvalue weighted by Crippen LogP contribution is 2.30. The standard InChI is InChI=1S/C18H12Cl2N4O4S.C9H7NO5/c19-12-6-5-10(7-13(12)20)15-9-29-18(21-15)23-22-14(17(25)26)8-11-3-1-2-4-16(11)24(27)28;11-8(9(12)13)5-6-3-1-2-4-7(6)10(14)15/h1-7,9H,8H2,(H,21,23)(H,25,26);1-4H,5H2,(H,12,13). The summed E-state index contributed by atoms with van der Waals surface area (Å²) in [6.07, 6.45) is -0.684. The van der Waals surface area contributed by atoms with Crippen LogP contribution in [0.1, 0.15) is 11.1 Å². The molecule has 0 radical (unpaired) electrons. The maximum Gasteiger partial charge on any atom is 0.372 e. The minimum absolute atomic E-state index is 0.106. The van der Waals surface area contributed by atoms with Crippen LogP contribution in [0.15, 0.2) is 77.2 Å². The molecule has 0 unspecified atom stereocenters. The number of aliphatic carboxylic acids is 2. The molecule has 0 fully saturated rings. The number of Topliss-reactive ketones (excluding diaryl/α,β-unsaturated/α-hetero) is 1. The summed E-state index contributed by atoms with van der Waals surface area (Å²) >= 11 is 13.1. The van der Waals surface area contributed by atoms with Crippen LogP contribution < -0.4 is 5.43 Å². The van der Waals surface area contributed by atoms with Crippen molar-refractivity contribution in [2.45, 2.75) is 12.8 Å². The first-order valence-electron chi connectivity index (χ1n) is 12.0. The number of carboxylic acids is 2. The Labute approximate surface area is 261 Å². The predicted molar refractivity (Wildman–Crippen MR) is 163 cm³/mol. The molecule has 3 aromatic carbocycles. The lowest BCUT2D eigenvalue weighted by atomic mass is 10.1. The first-order chi connectivity index (χ1) is 20.9. The van der Waals surface area contributed by atoms with E-state index in [1.165, 1.54) is 53.8 Å². The monoisotopic (exact) mass is 659 g/mol. The van der Waals surface area contributed by atoms with E-state index in [0.29, 0.717) is 20.9 Å². The molecule has 226 valence electrons. The SMILES string of the molecule is O=C(O)C(=O)Cc1ccccc1[N+](=O)[O-].O=C(O)C(Cc1ccccc1[N+](=O)[O-])=NNc1nc(-c2ccc(Cl)c(Cl)c2)cs1. The molecule has 1 aromatic heterocycles. The number of anilines is 1. The summed E-state index contributed by atoms with van der Waals surface area (Å²) in [5, 5.41) is 46.2. The van der Waals surface area contributed by atoms with Gasteiger partial charge in [0.25, 0.3) is 11.4 Å². The summed E-state index contributed by atoms with van der Waals surface area (Å²) in [5.41, 5.74) is 3.61. The third-order valence-corrected chi connectivity index (χ3v) is 7.06. The lowest BCUT2D eigenvalue weighted by molar-refractivity contribution is -0.385. The number of nitro benzene ring substituents is 2. The van der Waals surface area contributed by atoms with Crippen LogP contribution in [-0.2, 0) is 27.2 Å². The van der Waals surface area contributed by atoms with Crippen LogP contribution in [-0.4, -0.2) is 48.5 Å². The van der Waals surface area contributed by atoms with E-state index in [9.17, 15) is 39.7 Å². The number of hydrogen-bond donors (Lipinski definition) is 3. The summed E-state index contributed by atoms with van der Waals surface area (Å²) in [4.78, 5) is 57.4. The topological polar surface area (TPSA) is 215 Å².